The van der Waals surface area contributed by atoms with Crippen molar-refractivity contribution in [2.24, 2.45) is 0 Å². The third kappa shape index (κ3) is 6.54. The number of hydrogen-bond donors (Lipinski definition) is 1. The van der Waals surface area contributed by atoms with Crippen LogP contribution in [0.4, 0.5) is 0 Å². The van der Waals surface area contributed by atoms with E-state index in [-0.39, 0.29) is 6.10 Å². The van der Waals surface area contributed by atoms with Crippen molar-refractivity contribution in [3.05, 3.63) is 0 Å². The molecule has 0 aromatic rings. The van der Waals surface area contributed by atoms with E-state index in [0.717, 1.165) is 0 Å². The van der Waals surface area contributed by atoms with Gasteiger partial charge in [-0.1, -0.05) is 0 Å². The highest BCUT2D eigenvalue weighted by molar-refractivity contribution is 4.53. The fourth-order valence-electron chi connectivity index (χ4n) is 0.799. The van der Waals surface area contributed by atoms with Gasteiger partial charge in [-0.3, -0.25) is 0 Å². The Labute approximate surface area is 73.4 Å². The van der Waals surface area contributed by atoms with E-state index in [0.29, 0.717) is 19.8 Å². The lowest BCUT2D eigenvalue weighted by molar-refractivity contribution is -0.0506. The largest absolute Gasteiger partial charge is 0.388 e. The molecule has 0 radical (unpaired) electrons. The molecule has 0 rings (SSSR count). The fourth-order valence-corrected chi connectivity index (χ4v) is 0.799. The van der Waals surface area contributed by atoms with Crippen LogP contribution in [0.1, 0.15) is 6.92 Å². The molecule has 4 heteroatoms. The molecule has 12 heavy (non-hydrogen) atoms. The maximum atomic E-state index is 9.18. The Morgan fingerprint density at radius 1 is 1.08 bits per heavy atom. The van der Waals surface area contributed by atoms with Crippen LogP contribution in [-0.2, 0) is 14.2 Å². The van der Waals surface area contributed by atoms with Gasteiger partial charge in [0.25, 0.3) is 0 Å². The third-order valence-corrected chi connectivity index (χ3v) is 1.33. The van der Waals surface area contributed by atoms with Crippen molar-refractivity contribution >= 4 is 0 Å². The molecule has 0 saturated heterocycles. The van der Waals surface area contributed by atoms with Gasteiger partial charge in [0.05, 0.1) is 25.9 Å². The van der Waals surface area contributed by atoms with Gasteiger partial charge < -0.3 is 19.3 Å². The van der Waals surface area contributed by atoms with Gasteiger partial charge in [0, 0.05) is 14.2 Å². The molecule has 0 aliphatic carbocycles. The van der Waals surface area contributed by atoms with Gasteiger partial charge in [-0.05, 0) is 6.92 Å². The highest BCUT2D eigenvalue weighted by Gasteiger charge is 2.06. The number of aliphatic hydroxyl groups is 1. The number of aliphatic hydroxyl groups excluding tert-OH is 1. The Kier molecular flexibility index (Phi) is 7.39. The fraction of sp³-hybridized carbons (Fsp3) is 1.00. The first-order chi connectivity index (χ1) is 5.70. The molecule has 0 aromatic carbocycles. The highest BCUT2D eigenvalue weighted by Crippen LogP contribution is 1.93. The topological polar surface area (TPSA) is 47.9 Å². The summed E-state index contributed by atoms with van der Waals surface area (Å²) >= 11 is 0. The smallest absolute Gasteiger partial charge is 0.101 e. The van der Waals surface area contributed by atoms with Crippen LogP contribution in [0.2, 0.25) is 0 Å². The molecule has 0 bridgehead atoms. The first kappa shape index (κ1) is 11.8. The van der Waals surface area contributed by atoms with Crippen molar-refractivity contribution < 1.29 is 19.3 Å². The average molecular weight is 178 g/mol. The predicted molar refractivity (Wildman–Crippen MR) is 45.2 cm³/mol. The maximum Gasteiger partial charge on any atom is 0.101 e. The minimum absolute atomic E-state index is 0.0153. The molecule has 0 spiro atoms. The van der Waals surface area contributed by atoms with Gasteiger partial charge in [-0.2, -0.15) is 0 Å². The summed E-state index contributed by atoms with van der Waals surface area (Å²) in [5, 5.41) is 9.18. The third-order valence-electron chi connectivity index (χ3n) is 1.33. The van der Waals surface area contributed by atoms with E-state index in [1.165, 1.54) is 0 Å². The van der Waals surface area contributed by atoms with E-state index in [1.807, 2.05) is 6.92 Å². The summed E-state index contributed by atoms with van der Waals surface area (Å²) in [4.78, 5) is 0. The van der Waals surface area contributed by atoms with E-state index in [2.05, 4.69) is 0 Å². The van der Waals surface area contributed by atoms with Crippen molar-refractivity contribution in [1.29, 1.82) is 0 Å². The summed E-state index contributed by atoms with van der Waals surface area (Å²) in [6.07, 6.45) is -0.532. The number of hydrogen-bond acceptors (Lipinski definition) is 4. The zero-order chi connectivity index (χ0) is 9.40. The van der Waals surface area contributed by atoms with Crippen LogP contribution in [0.15, 0.2) is 0 Å². The normalized spacial score (nSPS) is 16.0. The molecular formula is C8H18O4. The molecule has 2 unspecified atom stereocenters. The second-order valence-corrected chi connectivity index (χ2v) is 2.71. The van der Waals surface area contributed by atoms with Gasteiger partial charge in [0.1, 0.15) is 6.10 Å². The van der Waals surface area contributed by atoms with Gasteiger partial charge in [0.2, 0.25) is 0 Å². The summed E-state index contributed by atoms with van der Waals surface area (Å²) in [6.45, 7) is 3.03. The number of methoxy groups -OCH3 is 2. The zero-order valence-corrected chi connectivity index (χ0v) is 7.95. The van der Waals surface area contributed by atoms with Crippen LogP contribution in [0.25, 0.3) is 0 Å². The van der Waals surface area contributed by atoms with Gasteiger partial charge >= 0.3 is 0 Å². The van der Waals surface area contributed by atoms with Crippen molar-refractivity contribution in [2.45, 2.75) is 19.1 Å². The van der Waals surface area contributed by atoms with Crippen LogP contribution in [0, 0.1) is 0 Å². The monoisotopic (exact) mass is 178 g/mol. The minimum atomic E-state index is -0.547. The molecule has 0 heterocycles. The molecule has 0 fully saturated rings. The molecule has 0 aromatic heterocycles. The lowest BCUT2D eigenvalue weighted by Crippen LogP contribution is -2.25. The van der Waals surface area contributed by atoms with E-state index < -0.39 is 6.10 Å². The molecule has 0 aliphatic rings. The van der Waals surface area contributed by atoms with E-state index >= 15 is 0 Å². The van der Waals surface area contributed by atoms with Gasteiger partial charge in [-0.15, -0.1) is 0 Å². The van der Waals surface area contributed by atoms with Crippen molar-refractivity contribution in [3.63, 3.8) is 0 Å². The molecular weight excluding hydrogens is 160 g/mol. The lowest BCUT2D eigenvalue weighted by atomic mass is 10.4. The van der Waals surface area contributed by atoms with Crippen LogP contribution >= 0.6 is 0 Å². The van der Waals surface area contributed by atoms with E-state index in [4.69, 9.17) is 14.2 Å². The van der Waals surface area contributed by atoms with Gasteiger partial charge in [-0.25, -0.2) is 0 Å². The molecule has 2 atom stereocenters. The zero-order valence-electron chi connectivity index (χ0n) is 7.95. The Hall–Kier alpha value is -0.160. The summed E-state index contributed by atoms with van der Waals surface area (Å²) in [5.41, 5.74) is 0. The summed E-state index contributed by atoms with van der Waals surface area (Å²) < 4.78 is 14.8. The summed E-state index contributed by atoms with van der Waals surface area (Å²) in [5.74, 6) is 0. The van der Waals surface area contributed by atoms with E-state index in [9.17, 15) is 5.11 Å². The van der Waals surface area contributed by atoms with Crippen LogP contribution in [0.5, 0.6) is 0 Å². The first-order valence-electron chi connectivity index (χ1n) is 3.98. The van der Waals surface area contributed by atoms with Gasteiger partial charge in [0.15, 0.2) is 0 Å². The molecule has 0 amide bonds. The SMILES string of the molecule is COCC(O)COC(C)COC. The lowest BCUT2D eigenvalue weighted by Gasteiger charge is -2.14. The number of rotatable bonds is 7. The number of ether oxygens (including phenoxy) is 3. The average Bonchev–Trinajstić information content (AvgIpc) is 2.02. The summed E-state index contributed by atoms with van der Waals surface area (Å²) in [7, 11) is 3.16. The Morgan fingerprint density at radius 3 is 2.17 bits per heavy atom. The Bertz CT molecular complexity index is 85.1. The highest BCUT2D eigenvalue weighted by atomic mass is 16.5. The second-order valence-electron chi connectivity index (χ2n) is 2.71. The van der Waals surface area contributed by atoms with Crippen molar-refractivity contribution in [3.8, 4) is 0 Å². The Balaban J connectivity index is 3.27. The first-order valence-corrected chi connectivity index (χ1v) is 3.98. The second kappa shape index (κ2) is 7.49. The molecule has 74 valence electrons. The van der Waals surface area contributed by atoms with E-state index in [1.54, 1.807) is 14.2 Å². The molecule has 1 N–H and O–H groups in total. The summed E-state index contributed by atoms with van der Waals surface area (Å²) in [6, 6.07) is 0. The maximum absolute atomic E-state index is 9.18. The Morgan fingerprint density at radius 2 is 1.67 bits per heavy atom. The quantitative estimate of drug-likeness (QED) is 0.598. The molecule has 0 saturated carbocycles. The van der Waals surface area contributed by atoms with Crippen LogP contribution in [0.3, 0.4) is 0 Å². The van der Waals surface area contributed by atoms with Crippen molar-refractivity contribution in [2.75, 3.05) is 34.0 Å². The molecule has 0 aliphatic heterocycles. The van der Waals surface area contributed by atoms with Crippen molar-refractivity contribution in [1.82, 2.24) is 0 Å². The van der Waals surface area contributed by atoms with Crippen LogP contribution in [-0.4, -0.2) is 51.4 Å². The van der Waals surface area contributed by atoms with Crippen LogP contribution < -0.4 is 0 Å². The standard InChI is InChI=1S/C8H18O4/c1-7(4-10-2)12-6-8(9)5-11-3/h7-9H,4-6H2,1-3H3. The minimum Gasteiger partial charge on any atom is -0.388 e. The molecule has 4 nitrogen and oxygen atoms in total. The predicted octanol–water partition coefficient (Wildman–Crippen LogP) is 0.0452.